The van der Waals surface area contributed by atoms with Crippen LogP contribution in [0.1, 0.15) is 0 Å². The van der Waals surface area contributed by atoms with Gasteiger partial charge in [0.05, 0.1) is 34.1 Å². The second-order valence-corrected chi connectivity index (χ2v) is 7.16. The number of hydrogen-bond acceptors (Lipinski definition) is 7. The Morgan fingerprint density at radius 1 is 1.08 bits per heavy atom. The lowest BCUT2D eigenvalue weighted by molar-refractivity contribution is 0.598. The summed E-state index contributed by atoms with van der Waals surface area (Å²) in [4.78, 5) is 8.78. The quantitative estimate of drug-likeness (QED) is 0.546. The molecule has 0 spiro atoms. The van der Waals surface area contributed by atoms with Crippen molar-refractivity contribution >= 4 is 32.7 Å². The SMILES string of the molecule is Cn1cc(Nc2ncc3cnn(-c4ccc(S(N)(=O)=O)cc4)c3n2)cn1. The van der Waals surface area contributed by atoms with Crippen LogP contribution in [-0.4, -0.2) is 37.9 Å². The smallest absolute Gasteiger partial charge is 0.238 e. The number of nitrogens with zero attached hydrogens (tertiary/aromatic N) is 6. The van der Waals surface area contributed by atoms with Crippen molar-refractivity contribution in [1.82, 2.24) is 29.5 Å². The van der Waals surface area contributed by atoms with Gasteiger partial charge >= 0.3 is 0 Å². The molecule has 0 saturated carbocycles. The zero-order valence-corrected chi connectivity index (χ0v) is 14.4. The van der Waals surface area contributed by atoms with Crippen molar-refractivity contribution in [2.24, 2.45) is 12.2 Å². The van der Waals surface area contributed by atoms with Crippen molar-refractivity contribution in [2.75, 3.05) is 5.32 Å². The van der Waals surface area contributed by atoms with Gasteiger partial charge < -0.3 is 5.32 Å². The zero-order valence-electron chi connectivity index (χ0n) is 13.6. The maximum absolute atomic E-state index is 11.4. The van der Waals surface area contributed by atoms with E-state index >= 15 is 0 Å². The molecule has 0 amide bonds. The molecule has 0 bridgehead atoms. The lowest BCUT2D eigenvalue weighted by atomic mass is 10.3. The Morgan fingerprint density at radius 2 is 1.85 bits per heavy atom. The first-order valence-electron chi connectivity index (χ1n) is 7.50. The highest BCUT2D eigenvalue weighted by molar-refractivity contribution is 7.89. The first-order valence-corrected chi connectivity index (χ1v) is 9.04. The van der Waals surface area contributed by atoms with Gasteiger partial charge in [0.1, 0.15) is 0 Å². The molecule has 4 aromatic rings. The van der Waals surface area contributed by atoms with E-state index in [-0.39, 0.29) is 4.90 Å². The molecule has 0 aliphatic carbocycles. The second kappa shape index (κ2) is 5.89. The van der Waals surface area contributed by atoms with Gasteiger partial charge in [-0.2, -0.15) is 15.2 Å². The van der Waals surface area contributed by atoms with Crippen molar-refractivity contribution < 1.29 is 8.42 Å². The standard InChI is InChI=1S/C15H14N8O2S/c1-22-9-11(8-18-22)20-15-17-6-10-7-19-23(14(10)21-15)12-2-4-13(5-3-12)26(16,24)25/h2-9H,1H3,(H2,16,24,25)(H,17,20,21). The Bertz CT molecular complexity index is 1190. The first-order chi connectivity index (χ1) is 12.4. The van der Waals surface area contributed by atoms with Crippen LogP contribution < -0.4 is 10.5 Å². The molecule has 26 heavy (non-hydrogen) atoms. The predicted molar refractivity (Wildman–Crippen MR) is 94.5 cm³/mol. The Balaban J connectivity index is 1.72. The van der Waals surface area contributed by atoms with E-state index in [1.807, 2.05) is 7.05 Å². The van der Waals surface area contributed by atoms with Crippen molar-refractivity contribution in [3.63, 3.8) is 0 Å². The van der Waals surface area contributed by atoms with Crippen molar-refractivity contribution in [3.05, 3.63) is 49.1 Å². The minimum absolute atomic E-state index is 0.0336. The van der Waals surface area contributed by atoms with Gasteiger partial charge in [0.25, 0.3) is 0 Å². The van der Waals surface area contributed by atoms with Crippen LogP contribution in [0.5, 0.6) is 0 Å². The first kappa shape index (κ1) is 16.2. The fraction of sp³-hybridized carbons (Fsp3) is 0.0667. The number of aryl methyl sites for hydroxylation is 1. The third-order valence-corrected chi connectivity index (χ3v) is 4.61. The van der Waals surface area contributed by atoms with Gasteiger partial charge in [0.15, 0.2) is 5.65 Å². The number of nitrogens with two attached hydrogens (primary N) is 1. The van der Waals surface area contributed by atoms with Crippen LogP contribution in [-0.2, 0) is 17.1 Å². The molecule has 0 saturated heterocycles. The van der Waals surface area contributed by atoms with Crippen LogP contribution in [0.3, 0.4) is 0 Å². The van der Waals surface area contributed by atoms with Gasteiger partial charge in [-0.1, -0.05) is 0 Å². The Kier molecular flexibility index (Phi) is 3.67. The number of benzene rings is 1. The van der Waals surface area contributed by atoms with E-state index < -0.39 is 10.0 Å². The van der Waals surface area contributed by atoms with E-state index in [0.29, 0.717) is 17.3 Å². The summed E-state index contributed by atoms with van der Waals surface area (Å²) in [6, 6.07) is 6.08. The van der Waals surface area contributed by atoms with Crippen molar-refractivity contribution in [3.8, 4) is 5.69 Å². The van der Waals surface area contributed by atoms with Crippen molar-refractivity contribution in [1.29, 1.82) is 0 Å². The average Bonchev–Trinajstić information content (AvgIpc) is 3.20. The third-order valence-electron chi connectivity index (χ3n) is 3.68. The third kappa shape index (κ3) is 3.00. The summed E-state index contributed by atoms with van der Waals surface area (Å²) in [6.07, 6.45) is 6.76. The fourth-order valence-corrected chi connectivity index (χ4v) is 2.97. The molecule has 10 nitrogen and oxygen atoms in total. The highest BCUT2D eigenvalue weighted by Gasteiger charge is 2.11. The number of hydrogen-bond donors (Lipinski definition) is 2. The monoisotopic (exact) mass is 370 g/mol. The van der Waals surface area contributed by atoms with E-state index in [1.165, 1.54) is 12.1 Å². The minimum atomic E-state index is -3.74. The highest BCUT2D eigenvalue weighted by Crippen LogP contribution is 2.20. The zero-order chi connectivity index (χ0) is 18.3. The van der Waals surface area contributed by atoms with Gasteiger partial charge in [0.2, 0.25) is 16.0 Å². The summed E-state index contributed by atoms with van der Waals surface area (Å²) < 4.78 is 26.0. The van der Waals surface area contributed by atoms with E-state index in [2.05, 4.69) is 25.5 Å². The van der Waals surface area contributed by atoms with Crippen molar-refractivity contribution in [2.45, 2.75) is 4.90 Å². The van der Waals surface area contributed by atoms with Gasteiger partial charge in [-0.15, -0.1) is 0 Å². The fourth-order valence-electron chi connectivity index (χ4n) is 2.46. The van der Waals surface area contributed by atoms with Gasteiger partial charge in [-0.05, 0) is 24.3 Å². The predicted octanol–water partition coefficient (Wildman–Crippen LogP) is 0.940. The van der Waals surface area contributed by atoms with Crippen LogP contribution in [0.25, 0.3) is 16.7 Å². The van der Waals surface area contributed by atoms with Crippen LogP contribution in [0.2, 0.25) is 0 Å². The maximum Gasteiger partial charge on any atom is 0.238 e. The summed E-state index contributed by atoms with van der Waals surface area (Å²) in [6.45, 7) is 0. The summed E-state index contributed by atoms with van der Waals surface area (Å²) in [7, 11) is -1.93. The minimum Gasteiger partial charge on any atom is -0.321 e. The van der Waals surface area contributed by atoms with E-state index in [9.17, 15) is 8.42 Å². The molecule has 4 rings (SSSR count). The van der Waals surface area contributed by atoms with Gasteiger partial charge in [-0.3, -0.25) is 4.68 Å². The summed E-state index contributed by atoms with van der Waals surface area (Å²) >= 11 is 0. The van der Waals surface area contributed by atoms with Crippen LogP contribution in [0, 0.1) is 0 Å². The molecule has 3 heterocycles. The van der Waals surface area contributed by atoms with E-state index in [1.54, 1.807) is 46.3 Å². The van der Waals surface area contributed by atoms with Gasteiger partial charge in [0, 0.05) is 19.4 Å². The largest absolute Gasteiger partial charge is 0.321 e. The number of aromatic nitrogens is 6. The van der Waals surface area contributed by atoms with E-state index in [4.69, 9.17) is 5.14 Å². The normalized spacial score (nSPS) is 11.8. The van der Waals surface area contributed by atoms with Gasteiger partial charge in [-0.25, -0.2) is 23.2 Å². The lowest BCUT2D eigenvalue weighted by Gasteiger charge is -2.06. The Labute approximate surface area is 148 Å². The molecule has 3 N–H and O–H groups in total. The molecule has 0 unspecified atom stereocenters. The van der Waals surface area contributed by atoms with Crippen LogP contribution in [0.4, 0.5) is 11.6 Å². The molecule has 1 aromatic carbocycles. The topological polar surface area (TPSA) is 134 Å². The molecular weight excluding hydrogens is 356 g/mol. The lowest BCUT2D eigenvalue weighted by Crippen LogP contribution is -2.12. The summed E-state index contributed by atoms with van der Waals surface area (Å²) in [5.74, 6) is 0.397. The number of primary sulfonamides is 1. The number of anilines is 2. The number of nitrogens with one attached hydrogen (secondary N) is 1. The average molecular weight is 370 g/mol. The Hall–Kier alpha value is -3.31. The molecule has 0 radical (unpaired) electrons. The number of fused-ring (bicyclic) bond motifs is 1. The number of sulfonamides is 1. The molecular formula is C15H14N8O2S. The second-order valence-electron chi connectivity index (χ2n) is 5.60. The summed E-state index contributed by atoms with van der Waals surface area (Å²) in [5.41, 5.74) is 1.99. The molecule has 0 atom stereocenters. The molecule has 0 fully saturated rings. The Morgan fingerprint density at radius 3 is 2.50 bits per heavy atom. The highest BCUT2D eigenvalue weighted by atomic mass is 32.2. The molecule has 0 aliphatic heterocycles. The van der Waals surface area contributed by atoms with E-state index in [0.717, 1.165) is 11.1 Å². The number of rotatable bonds is 4. The van der Waals surface area contributed by atoms with Crippen LogP contribution >= 0.6 is 0 Å². The maximum atomic E-state index is 11.4. The van der Waals surface area contributed by atoms with Crippen LogP contribution in [0.15, 0.2) is 53.9 Å². The summed E-state index contributed by atoms with van der Waals surface area (Å²) in [5, 5.41) is 17.3. The molecule has 3 aromatic heterocycles. The molecule has 132 valence electrons. The molecule has 0 aliphatic rings. The molecule has 11 heteroatoms.